The van der Waals surface area contributed by atoms with Gasteiger partial charge in [0.05, 0.1) is 17.9 Å². The molecular weight excluding hydrogens is 276 g/mol. The molecule has 0 aliphatic carbocycles. The molecule has 1 fully saturated rings. The number of rotatable bonds is 4. The fourth-order valence-corrected chi connectivity index (χ4v) is 4.25. The smallest absolute Gasteiger partial charge is 0.245 e. The molecule has 0 spiro atoms. The van der Waals surface area contributed by atoms with Gasteiger partial charge in [-0.1, -0.05) is 12.1 Å². The van der Waals surface area contributed by atoms with E-state index in [-0.39, 0.29) is 12.2 Å². The number of anilines is 1. The lowest BCUT2D eigenvalue weighted by atomic mass is 10.3. The molecule has 0 saturated carbocycles. The fraction of sp³-hybridized carbons (Fsp3) is 0.571. The van der Waals surface area contributed by atoms with Crippen LogP contribution in [0.15, 0.2) is 29.2 Å². The molecule has 0 amide bonds. The number of para-hydroxylation sites is 1. The summed E-state index contributed by atoms with van der Waals surface area (Å²) in [6.07, 6.45) is -0.167. The highest BCUT2D eigenvalue weighted by molar-refractivity contribution is 7.89. The van der Waals surface area contributed by atoms with Crippen LogP contribution in [0.1, 0.15) is 20.8 Å². The van der Waals surface area contributed by atoms with Gasteiger partial charge in [-0.25, -0.2) is 8.42 Å². The summed E-state index contributed by atoms with van der Waals surface area (Å²) >= 11 is 0. The van der Waals surface area contributed by atoms with Gasteiger partial charge in [0.2, 0.25) is 10.0 Å². The van der Waals surface area contributed by atoms with E-state index in [9.17, 15) is 8.42 Å². The molecule has 2 rings (SSSR count). The van der Waals surface area contributed by atoms with Gasteiger partial charge in [0, 0.05) is 19.6 Å². The predicted molar refractivity (Wildman–Crippen MR) is 79.4 cm³/mol. The molecule has 6 heteroatoms. The van der Waals surface area contributed by atoms with E-state index < -0.39 is 10.0 Å². The van der Waals surface area contributed by atoms with E-state index in [1.165, 1.54) is 4.31 Å². The van der Waals surface area contributed by atoms with Crippen molar-refractivity contribution >= 4 is 15.7 Å². The summed E-state index contributed by atoms with van der Waals surface area (Å²) in [5.41, 5.74) is 0.654. The molecule has 1 N–H and O–H groups in total. The van der Waals surface area contributed by atoms with Gasteiger partial charge in [-0.3, -0.25) is 0 Å². The zero-order valence-corrected chi connectivity index (χ0v) is 13.0. The molecule has 2 atom stereocenters. The number of ether oxygens (including phenoxy) is 1. The van der Waals surface area contributed by atoms with Crippen molar-refractivity contribution in [2.75, 3.05) is 25.0 Å². The lowest BCUT2D eigenvalue weighted by molar-refractivity contribution is -0.0440. The Bertz CT molecular complexity index is 549. The summed E-state index contributed by atoms with van der Waals surface area (Å²) in [4.78, 5) is 0.336. The van der Waals surface area contributed by atoms with Gasteiger partial charge < -0.3 is 10.1 Å². The van der Waals surface area contributed by atoms with Crippen LogP contribution in [-0.2, 0) is 14.8 Å². The van der Waals surface area contributed by atoms with Crippen LogP contribution in [0.25, 0.3) is 0 Å². The van der Waals surface area contributed by atoms with Gasteiger partial charge in [0.1, 0.15) is 4.90 Å². The molecule has 0 radical (unpaired) electrons. The van der Waals surface area contributed by atoms with Crippen LogP contribution < -0.4 is 5.32 Å². The Kier molecular flexibility index (Phi) is 4.67. The van der Waals surface area contributed by atoms with Crippen LogP contribution in [0.2, 0.25) is 0 Å². The SMILES string of the molecule is CCNc1ccccc1S(=O)(=O)N1CC(C)OC(C)C1. The molecule has 1 saturated heterocycles. The third kappa shape index (κ3) is 3.13. The first-order valence-corrected chi connectivity index (χ1v) is 8.37. The lowest BCUT2D eigenvalue weighted by Gasteiger charge is -2.34. The van der Waals surface area contributed by atoms with E-state index in [1.807, 2.05) is 26.8 Å². The summed E-state index contributed by atoms with van der Waals surface area (Å²) in [7, 11) is -3.49. The van der Waals surface area contributed by atoms with Crippen molar-refractivity contribution in [2.45, 2.75) is 37.9 Å². The molecule has 1 heterocycles. The maximum absolute atomic E-state index is 12.8. The third-order valence-electron chi connectivity index (χ3n) is 3.26. The predicted octanol–water partition coefficient (Wildman–Crippen LogP) is 1.92. The monoisotopic (exact) mass is 298 g/mol. The van der Waals surface area contributed by atoms with Crippen molar-refractivity contribution in [1.29, 1.82) is 0 Å². The van der Waals surface area contributed by atoms with Crippen LogP contribution in [-0.4, -0.2) is 44.6 Å². The third-order valence-corrected chi connectivity index (χ3v) is 5.15. The quantitative estimate of drug-likeness (QED) is 0.922. The Labute approximate surface area is 121 Å². The fourth-order valence-electron chi connectivity index (χ4n) is 2.49. The number of benzene rings is 1. The van der Waals surface area contributed by atoms with E-state index in [4.69, 9.17) is 4.74 Å². The highest BCUT2D eigenvalue weighted by Gasteiger charge is 2.33. The number of nitrogens with one attached hydrogen (secondary N) is 1. The average molecular weight is 298 g/mol. The van der Waals surface area contributed by atoms with Gasteiger partial charge in [0.25, 0.3) is 0 Å². The Morgan fingerprint density at radius 2 is 1.85 bits per heavy atom. The maximum atomic E-state index is 12.8. The van der Waals surface area contributed by atoms with Crippen molar-refractivity contribution < 1.29 is 13.2 Å². The van der Waals surface area contributed by atoms with Crippen LogP contribution >= 0.6 is 0 Å². The molecule has 0 aromatic heterocycles. The summed E-state index contributed by atoms with van der Waals surface area (Å²) < 4.78 is 32.7. The van der Waals surface area contributed by atoms with Crippen LogP contribution in [0, 0.1) is 0 Å². The zero-order chi connectivity index (χ0) is 14.8. The molecule has 0 bridgehead atoms. The molecule has 20 heavy (non-hydrogen) atoms. The maximum Gasteiger partial charge on any atom is 0.245 e. The zero-order valence-electron chi connectivity index (χ0n) is 12.2. The number of morpholine rings is 1. The lowest BCUT2D eigenvalue weighted by Crippen LogP contribution is -2.48. The van der Waals surface area contributed by atoms with Crippen molar-refractivity contribution in [1.82, 2.24) is 4.31 Å². The average Bonchev–Trinajstić information content (AvgIpc) is 2.38. The Morgan fingerprint density at radius 3 is 2.45 bits per heavy atom. The van der Waals surface area contributed by atoms with E-state index >= 15 is 0 Å². The number of sulfonamides is 1. The van der Waals surface area contributed by atoms with Gasteiger partial charge in [-0.05, 0) is 32.9 Å². The first kappa shape index (κ1) is 15.3. The van der Waals surface area contributed by atoms with Crippen molar-refractivity contribution in [3.63, 3.8) is 0 Å². The molecular formula is C14H22N2O3S. The van der Waals surface area contributed by atoms with E-state index in [0.29, 0.717) is 30.2 Å². The molecule has 2 unspecified atom stereocenters. The Hall–Kier alpha value is -1.11. The van der Waals surface area contributed by atoms with E-state index in [0.717, 1.165) is 0 Å². The molecule has 112 valence electrons. The minimum absolute atomic E-state index is 0.0835. The molecule has 1 aromatic rings. The summed E-state index contributed by atoms with van der Waals surface area (Å²) in [5, 5.41) is 3.11. The minimum Gasteiger partial charge on any atom is -0.384 e. The number of hydrogen-bond acceptors (Lipinski definition) is 4. The van der Waals surface area contributed by atoms with Crippen LogP contribution in [0.5, 0.6) is 0 Å². The first-order valence-electron chi connectivity index (χ1n) is 6.93. The molecule has 5 nitrogen and oxygen atoms in total. The highest BCUT2D eigenvalue weighted by Crippen LogP contribution is 2.26. The van der Waals surface area contributed by atoms with Crippen molar-refractivity contribution in [2.24, 2.45) is 0 Å². The normalized spacial score (nSPS) is 24.6. The largest absolute Gasteiger partial charge is 0.384 e. The Balaban J connectivity index is 2.35. The summed E-state index contributed by atoms with van der Waals surface area (Å²) in [6.45, 7) is 7.22. The number of nitrogens with zero attached hydrogens (tertiary/aromatic N) is 1. The minimum atomic E-state index is -3.49. The second kappa shape index (κ2) is 6.11. The number of hydrogen-bond donors (Lipinski definition) is 1. The van der Waals surface area contributed by atoms with Gasteiger partial charge in [0.15, 0.2) is 0 Å². The van der Waals surface area contributed by atoms with E-state index in [1.54, 1.807) is 18.2 Å². The standard InChI is InChI=1S/C14H22N2O3S/c1-4-15-13-7-5-6-8-14(13)20(17,18)16-9-11(2)19-12(3)10-16/h5-8,11-12,15H,4,9-10H2,1-3H3. The van der Waals surface area contributed by atoms with Gasteiger partial charge in [-0.2, -0.15) is 4.31 Å². The van der Waals surface area contributed by atoms with Gasteiger partial charge >= 0.3 is 0 Å². The molecule has 1 aliphatic heterocycles. The molecule has 1 aliphatic rings. The summed E-state index contributed by atoms with van der Waals surface area (Å²) in [5.74, 6) is 0. The van der Waals surface area contributed by atoms with Gasteiger partial charge in [-0.15, -0.1) is 0 Å². The highest BCUT2D eigenvalue weighted by atomic mass is 32.2. The second-order valence-corrected chi connectivity index (χ2v) is 7.01. The second-order valence-electron chi connectivity index (χ2n) is 5.11. The first-order chi connectivity index (χ1) is 9.45. The topological polar surface area (TPSA) is 58.6 Å². The van der Waals surface area contributed by atoms with Crippen molar-refractivity contribution in [3.05, 3.63) is 24.3 Å². The molecule has 1 aromatic carbocycles. The Morgan fingerprint density at radius 1 is 1.25 bits per heavy atom. The van der Waals surface area contributed by atoms with E-state index in [2.05, 4.69) is 5.32 Å². The van der Waals surface area contributed by atoms with Crippen LogP contribution in [0.4, 0.5) is 5.69 Å². The summed E-state index contributed by atoms with van der Waals surface area (Å²) in [6, 6.07) is 7.03. The van der Waals surface area contributed by atoms with Crippen molar-refractivity contribution in [3.8, 4) is 0 Å². The van der Waals surface area contributed by atoms with Crippen LogP contribution in [0.3, 0.4) is 0 Å².